The second-order valence-corrected chi connectivity index (χ2v) is 6.61. The van der Waals surface area contributed by atoms with Gasteiger partial charge in [0, 0.05) is 26.3 Å². The number of rotatable bonds is 11. The molecule has 160 valence electrons. The number of esters is 2. The molecule has 0 unspecified atom stereocenters. The summed E-state index contributed by atoms with van der Waals surface area (Å²) in [6.45, 7) is 6.29. The normalized spacial score (nSPS) is 11.9. The van der Waals surface area contributed by atoms with E-state index >= 15 is 0 Å². The lowest BCUT2D eigenvalue weighted by Gasteiger charge is -2.31. The highest BCUT2D eigenvalue weighted by Gasteiger charge is 2.50. The molecule has 29 heavy (non-hydrogen) atoms. The molecule has 0 aliphatic carbocycles. The van der Waals surface area contributed by atoms with Gasteiger partial charge in [-0.15, -0.1) is 0 Å². The molecule has 2 amide bonds. The van der Waals surface area contributed by atoms with Gasteiger partial charge in [-0.1, -0.05) is 30.3 Å². The molecule has 0 aliphatic heterocycles. The van der Waals surface area contributed by atoms with Crippen LogP contribution in [0.2, 0.25) is 0 Å². The van der Waals surface area contributed by atoms with Crippen LogP contribution in [0, 0.1) is 0 Å². The van der Waals surface area contributed by atoms with E-state index in [0.717, 1.165) is 5.56 Å². The lowest BCUT2D eigenvalue weighted by atomic mass is 9.85. The van der Waals surface area contributed by atoms with Crippen molar-refractivity contribution in [3.8, 4) is 0 Å². The Labute approximate surface area is 171 Å². The van der Waals surface area contributed by atoms with Crippen LogP contribution in [-0.4, -0.2) is 49.1 Å². The van der Waals surface area contributed by atoms with Gasteiger partial charge in [-0.3, -0.25) is 9.59 Å². The molecular formula is C21H30N2O6. The number of ether oxygens (including phenoxy) is 2. The summed E-state index contributed by atoms with van der Waals surface area (Å²) in [4.78, 5) is 48.7. The minimum absolute atomic E-state index is 0.0383. The fraction of sp³-hybridized carbons (Fsp3) is 0.524. The number of nitrogens with one attached hydrogen (secondary N) is 2. The Morgan fingerprint density at radius 3 is 1.93 bits per heavy atom. The quantitative estimate of drug-likeness (QED) is 0.427. The fourth-order valence-corrected chi connectivity index (χ4v) is 3.03. The van der Waals surface area contributed by atoms with Crippen LogP contribution in [0.15, 0.2) is 30.3 Å². The lowest BCUT2D eigenvalue weighted by Crippen LogP contribution is -2.61. The van der Waals surface area contributed by atoms with Gasteiger partial charge in [0.25, 0.3) is 0 Å². The van der Waals surface area contributed by atoms with E-state index in [0.29, 0.717) is 13.0 Å². The zero-order chi connectivity index (χ0) is 21.9. The van der Waals surface area contributed by atoms with Gasteiger partial charge >= 0.3 is 11.9 Å². The Hall–Kier alpha value is -2.90. The van der Waals surface area contributed by atoms with Crippen LogP contribution in [0.1, 0.15) is 52.0 Å². The molecule has 0 aromatic heterocycles. The van der Waals surface area contributed by atoms with Gasteiger partial charge in [-0.25, -0.2) is 9.59 Å². The first-order chi connectivity index (χ1) is 13.8. The van der Waals surface area contributed by atoms with Gasteiger partial charge in [-0.2, -0.15) is 0 Å². The van der Waals surface area contributed by atoms with Crippen molar-refractivity contribution in [3.63, 3.8) is 0 Å². The average Bonchev–Trinajstić information content (AvgIpc) is 2.67. The summed E-state index contributed by atoms with van der Waals surface area (Å²) in [6.07, 6.45) is 0.283. The Morgan fingerprint density at radius 1 is 0.931 bits per heavy atom. The lowest BCUT2D eigenvalue weighted by molar-refractivity contribution is -0.168. The number of carbonyl (C=O) groups is 4. The van der Waals surface area contributed by atoms with Gasteiger partial charge in [0.05, 0.1) is 13.2 Å². The maximum Gasteiger partial charge on any atom is 0.343 e. The van der Waals surface area contributed by atoms with Gasteiger partial charge in [0.1, 0.15) is 0 Å². The number of hydrogen-bond acceptors (Lipinski definition) is 6. The van der Waals surface area contributed by atoms with E-state index < -0.39 is 23.4 Å². The Kier molecular flexibility index (Phi) is 9.85. The summed E-state index contributed by atoms with van der Waals surface area (Å²) in [6, 6.07) is 9.42. The van der Waals surface area contributed by atoms with Crippen molar-refractivity contribution in [1.82, 2.24) is 10.6 Å². The van der Waals surface area contributed by atoms with Gasteiger partial charge in [0.2, 0.25) is 17.4 Å². The molecule has 0 radical (unpaired) electrons. The molecule has 8 nitrogen and oxygen atoms in total. The molecule has 0 spiro atoms. The van der Waals surface area contributed by atoms with Gasteiger partial charge in [-0.05, 0) is 32.3 Å². The smallest absolute Gasteiger partial charge is 0.343 e. The number of amides is 2. The summed E-state index contributed by atoms with van der Waals surface area (Å²) in [7, 11) is 0. The molecule has 8 heteroatoms. The van der Waals surface area contributed by atoms with E-state index in [-0.39, 0.29) is 31.5 Å². The predicted molar refractivity (Wildman–Crippen MR) is 107 cm³/mol. The SMILES string of the molecule is CCOC(=O)C(CC[C@H](CNC(C)=O)c1ccccc1)(NC(C)=O)C(=O)OCC. The number of carbonyl (C=O) groups excluding carboxylic acids is 4. The monoisotopic (exact) mass is 406 g/mol. The van der Waals surface area contributed by atoms with Crippen LogP contribution in [-0.2, 0) is 28.7 Å². The van der Waals surface area contributed by atoms with Gasteiger partial charge in [0.15, 0.2) is 0 Å². The van der Waals surface area contributed by atoms with E-state index in [1.54, 1.807) is 13.8 Å². The van der Waals surface area contributed by atoms with Crippen molar-refractivity contribution in [1.29, 1.82) is 0 Å². The molecule has 1 aromatic carbocycles. The molecule has 1 rings (SSSR count). The molecule has 2 N–H and O–H groups in total. The summed E-state index contributed by atoms with van der Waals surface area (Å²) >= 11 is 0. The molecule has 1 aromatic rings. The summed E-state index contributed by atoms with van der Waals surface area (Å²) < 4.78 is 10.2. The van der Waals surface area contributed by atoms with Crippen molar-refractivity contribution in [2.75, 3.05) is 19.8 Å². The molecule has 0 aliphatic rings. The first-order valence-corrected chi connectivity index (χ1v) is 9.69. The number of benzene rings is 1. The summed E-state index contributed by atoms with van der Waals surface area (Å²) in [5.41, 5.74) is -1.01. The Bertz CT molecular complexity index is 686. The molecule has 0 saturated carbocycles. The second kappa shape index (κ2) is 11.8. The van der Waals surface area contributed by atoms with Crippen molar-refractivity contribution in [2.45, 2.75) is 52.0 Å². The fourth-order valence-electron chi connectivity index (χ4n) is 3.03. The predicted octanol–water partition coefficient (Wildman–Crippen LogP) is 1.69. The van der Waals surface area contributed by atoms with Crippen molar-refractivity contribution in [3.05, 3.63) is 35.9 Å². The Balaban J connectivity index is 3.21. The third kappa shape index (κ3) is 7.21. The highest BCUT2D eigenvalue weighted by Crippen LogP contribution is 2.27. The minimum Gasteiger partial charge on any atom is -0.464 e. The largest absolute Gasteiger partial charge is 0.464 e. The van der Waals surface area contributed by atoms with Crippen molar-refractivity contribution < 1.29 is 28.7 Å². The van der Waals surface area contributed by atoms with Crippen LogP contribution < -0.4 is 10.6 Å². The van der Waals surface area contributed by atoms with E-state index in [2.05, 4.69) is 10.6 Å². The number of hydrogen-bond donors (Lipinski definition) is 2. The summed E-state index contributed by atoms with van der Waals surface area (Å²) in [5.74, 6) is -2.64. The van der Waals surface area contributed by atoms with E-state index in [4.69, 9.17) is 9.47 Å². The third-order valence-corrected chi connectivity index (χ3v) is 4.37. The van der Waals surface area contributed by atoms with Crippen LogP contribution >= 0.6 is 0 Å². The second-order valence-electron chi connectivity index (χ2n) is 6.61. The maximum absolute atomic E-state index is 12.7. The van der Waals surface area contributed by atoms with Crippen LogP contribution in [0.5, 0.6) is 0 Å². The van der Waals surface area contributed by atoms with E-state index in [1.165, 1.54) is 13.8 Å². The highest BCUT2D eigenvalue weighted by molar-refractivity contribution is 6.07. The molecule has 0 fully saturated rings. The molecule has 1 atom stereocenters. The first-order valence-electron chi connectivity index (χ1n) is 9.69. The van der Waals surface area contributed by atoms with Crippen LogP contribution in [0.3, 0.4) is 0 Å². The third-order valence-electron chi connectivity index (χ3n) is 4.37. The zero-order valence-electron chi connectivity index (χ0n) is 17.4. The van der Waals surface area contributed by atoms with Gasteiger partial charge < -0.3 is 20.1 Å². The minimum atomic E-state index is -1.94. The zero-order valence-corrected chi connectivity index (χ0v) is 17.4. The molecule has 0 bridgehead atoms. The molecule has 0 heterocycles. The van der Waals surface area contributed by atoms with Crippen LogP contribution in [0.25, 0.3) is 0 Å². The van der Waals surface area contributed by atoms with E-state index in [1.807, 2.05) is 30.3 Å². The first kappa shape index (κ1) is 24.1. The molecular weight excluding hydrogens is 376 g/mol. The maximum atomic E-state index is 12.7. The van der Waals surface area contributed by atoms with Crippen molar-refractivity contribution >= 4 is 23.8 Å². The highest BCUT2D eigenvalue weighted by atomic mass is 16.6. The van der Waals surface area contributed by atoms with Crippen molar-refractivity contribution in [2.24, 2.45) is 0 Å². The molecule has 0 saturated heterocycles. The average molecular weight is 406 g/mol. The van der Waals surface area contributed by atoms with E-state index in [9.17, 15) is 19.2 Å². The topological polar surface area (TPSA) is 111 Å². The Morgan fingerprint density at radius 2 is 1.48 bits per heavy atom. The summed E-state index contributed by atoms with van der Waals surface area (Å²) in [5, 5.41) is 5.23. The standard InChI is InChI=1S/C21H30N2O6/c1-5-28-19(26)21(23-16(4)25,20(27)29-6-2)13-12-18(14-22-15(3)24)17-10-8-7-9-11-17/h7-11,18H,5-6,12-14H2,1-4H3,(H,22,24)(H,23,25)/t18-/m1/s1. The van der Waals surface area contributed by atoms with Crippen LogP contribution in [0.4, 0.5) is 0 Å².